The van der Waals surface area contributed by atoms with E-state index in [1.807, 2.05) is 7.05 Å². The number of nitrogens with one attached hydrogen (secondary N) is 1. The first-order chi connectivity index (χ1) is 10.3. The number of nitrogens with zero attached hydrogens (tertiary/aromatic N) is 2. The summed E-state index contributed by atoms with van der Waals surface area (Å²) in [6.07, 6.45) is 6.93. The highest BCUT2D eigenvalue weighted by Gasteiger charge is 2.40. The van der Waals surface area contributed by atoms with Crippen LogP contribution < -0.4 is 5.32 Å². The van der Waals surface area contributed by atoms with E-state index in [-0.39, 0.29) is 11.6 Å². The molecule has 3 rings (SSSR count). The summed E-state index contributed by atoms with van der Waals surface area (Å²) in [4.78, 5) is 5.75. The summed E-state index contributed by atoms with van der Waals surface area (Å²) in [6, 6.07) is 0.256. The first-order valence-corrected chi connectivity index (χ1v) is 8.45. The van der Waals surface area contributed by atoms with Crippen LogP contribution in [0.2, 0.25) is 0 Å². The molecular weight excluding hydrogens is 286 g/mol. The second-order valence-electron chi connectivity index (χ2n) is 5.48. The molecule has 1 aliphatic rings. The predicted molar refractivity (Wildman–Crippen MR) is 84.0 cm³/mol. The molecule has 116 valence electrons. The lowest BCUT2D eigenvalue weighted by atomic mass is 9.83. The van der Waals surface area contributed by atoms with Crippen molar-refractivity contribution in [2.75, 3.05) is 26.9 Å². The average Bonchev–Trinajstić information content (AvgIpc) is 3.07. The minimum Gasteiger partial charge on any atom is -0.381 e. The summed E-state index contributed by atoms with van der Waals surface area (Å²) in [6.45, 7) is 4.35. The van der Waals surface area contributed by atoms with Gasteiger partial charge in [-0.25, -0.2) is 4.98 Å². The summed E-state index contributed by atoms with van der Waals surface area (Å²) in [5.41, 5.74) is 0.977. The lowest BCUT2D eigenvalue weighted by Crippen LogP contribution is -2.55. The average molecular weight is 309 g/mol. The van der Waals surface area contributed by atoms with E-state index in [1.165, 1.54) is 0 Å². The zero-order valence-corrected chi connectivity index (χ0v) is 13.5. The molecule has 0 aliphatic carbocycles. The quantitative estimate of drug-likeness (QED) is 0.888. The van der Waals surface area contributed by atoms with Gasteiger partial charge in [-0.2, -0.15) is 0 Å². The summed E-state index contributed by atoms with van der Waals surface area (Å²) in [7, 11) is 2.01. The molecule has 0 amide bonds. The molecule has 6 heteroatoms. The molecular formula is C15H23N3O2S. The van der Waals surface area contributed by atoms with Gasteiger partial charge in [0.15, 0.2) is 4.96 Å². The highest BCUT2D eigenvalue weighted by Crippen LogP contribution is 2.31. The number of likely N-dealkylation sites (N-methyl/N-ethyl adjacent to an activating group) is 1. The Labute approximate surface area is 129 Å². The molecule has 0 saturated carbocycles. The Morgan fingerprint density at radius 2 is 2.33 bits per heavy atom. The van der Waals surface area contributed by atoms with E-state index in [0.29, 0.717) is 0 Å². The number of fused-ring (bicyclic) bond motifs is 1. The summed E-state index contributed by atoms with van der Waals surface area (Å²) >= 11 is 1.67. The van der Waals surface area contributed by atoms with Crippen LogP contribution >= 0.6 is 11.3 Å². The Bertz CT molecular complexity index is 540. The van der Waals surface area contributed by atoms with Crippen molar-refractivity contribution < 1.29 is 9.47 Å². The lowest BCUT2D eigenvalue weighted by Gasteiger charge is -2.43. The number of ether oxygens (including phenoxy) is 2. The second-order valence-corrected chi connectivity index (χ2v) is 6.35. The molecule has 1 N–H and O–H groups in total. The molecule has 1 aliphatic heterocycles. The molecule has 21 heavy (non-hydrogen) atoms. The number of hydrogen-bond acceptors (Lipinski definition) is 5. The van der Waals surface area contributed by atoms with Crippen LogP contribution in [0.15, 0.2) is 17.8 Å². The molecule has 1 fully saturated rings. The van der Waals surface area contributed by atoms with E-state index in [2.05, 4.69) is 34.4 Å². The standard InChI is InChI=1S/C15H23N3O2S/c1-3-20-15(4-7-19-8-5-15)13(16-2)10-12-11-18-6-9-21-14(18)17-12/h6,9,11,13,16H,3-5,7-8,10H2,1-2H3. The molecule has 1 unspecified atom stereocenters. The smallest absolute Gasteiger partial charge is 0.193 e. The van der Waals surface area contributed by atoms with Crippen LogP contribution in [0, 0.1) is 0 Å². The molecule has 0 aromatic carbocycles. The fourth-order valence-electron chi connectivity index (χ4n) is 3.23. The van der Waals surface area contributed by atoms with Crippen molar-refractivity contribution in [3.05, 3.63) is 23.5 Å². The van der Waals surface area contributed by atoms with Crippen LogP contribution in [0.3, 0.4) is 0 Å². The van der Waals surface area contributed by atoms with Crippen molar-refractivity contribution in [3.63, 3.8) is 0 Å². The van der Waals surface area contributed by atoms with Crippen LogP contribution in [0.1, 0.15) is 25.5 Å². The molecule has 1 saturated heterocycles. The van der Waals surface area contributed by atoms with Gasteiger partial charge in [0.25, 0.3) is 0 Å². The normalized spacial score (nSPS) is 19.9. The van der Waals surface area contributed by atoms with Crippen molar-refractivity contribution in [3.8, 4) is 0 Å². The van der Waals surface area contributed by atoms with Crippen LogP contribution in [0.5, 0.6) is 0 Å². The monoisotopic (exact) mass is 309 g/mol. The van der Waals surface area contributed by atoms with Gasteiger partial charge in [-0.3, -0.25) is 4.40 Å². The predicted octanol–water partition coefficient (Wildman–Crippen LogP) is 2.11. The fraction of sp³-hybridized carbons (Fsp3) is 0.667. The Morgan fingerprint density at radius 1 is 1.52 bits per heavy atom. The Morgan fingerprint density at radius 3 is 3.00 bits per heavy atom. The summed E-state index contributed by atoms with van der Waals surface area (Å²) < 4.78 is 13.8. The highest BCUT2D eigenvalue weighted by molar-refractivity contribution is 7.15. The van der Waals surface area contributed by atoms with Crippen molar-refractivity contribution in [2.24, 2.45) is 0 Å². The maximum atomic E-state index is 6.18. The summed E-state index contributed by atoms with van der Waals surface area (Å²) in [5.74, 6) is 0. The van der Waals surface area contributed by atoms with Crippen LogP contribution in [-0.4, -0.2) is 47.9 Å². The number of hydrogen-bond donors (Lipinski definition) is 1. The Hall–Kier alpha value is -0.950. The third kappa shape index (κ3) is 2.99. The molecule has 2 aromatic heterocycles. The largest absolute Gasteiger partial charge is 0.381 e. The van der Waals surface area contributed by atoms with Crippen LogP contribution in [0.4, 0.5) is 0 Å². The van der Waals surface area contributed by atoms with Crippen LogP contribution in [-0.2, 0) is 15.9 Å². The Balaban J connectivity index is 1.80. The third-order valence-electron chi connectivity index (χ3n) is 4.31. The van der Waals surface area contributed by atoms with E-state index < -0.39 is 0 Å². The van der Waals surface area contributed by atoms with Crippen molar-refractivity contribution in [1.82, 2.24) is 14.7 Å². The highest BCUT2D eigenvalue weighted by atomic mass is 32.1. The molecule has 0 bridgehead atoms. The zero-order valence-electron chi connectivity index (χ0n) is 12.7. The van der Waals surface area contributed by atoms with Gasteiger partial charge in [0.2, 0.25) is 0 Å². The molecule has 5 nitrogen and oxygen atoms in total. The minimum absolute atomic E-state index is 0.140. The lowest BCUT2D eigenvalue weighted by molar-refractivity contribution is -0.125. The van der Waals surface area contributed by atoms with Crippen molar-refractivity contribution in [2.45, 2.75) is 37.8 Å². The number of imidazole rings is 1. The summed E-state index contributed by atoms with van der Waals surface area (Å²) in [5, 5.41) is 5.51. The second kappa shape index (κ2) is 6.44. The Kier molecular flexibility index (Phi) is 4.59. The van der Waals surface area contributed by atoms with E-state index in [4.69, 9.17) is 14.5 Å². The van der Waals surface area contributed by atoms with E-state index in [9.17, 15) is 0 Å². The number of aromatic nitrogens is 2. The molecule has 3 heterocycles. The zero-order chi connectivity index (χ0) is 14.7. The maximum Gasteiger partial charge on any atom is 0.193 e. The third-order valence-corrected chi connectivity index (χ3v) is 5.08. The first-order valence-electron chi connectivity index (χ1n) is 7.57. The molecule has 0 radical (unpaired) electrons. The van der Waals surface area contributed by atoms with Gasteiger partial charge in [0, 0.05) is 62.9 Å². The number of thiazole rings is 1. The van der Waals surface area contributed by atoms with Gasteiger partial charge >= 0.3 is 0 Å². The van der Waals surface area contributed by atoms with E-state index in [0.717, 1.165) is 49.7 Å². The van der Waals surface area contributed by atoms with E-state index in [1.54, 1.807) is 11.3 Å². The maximum absolute atomic E-state index is 6.18. The van der Waals surface area contributed by atoms with Gasteiger partial charge in [-0.1, -0.05) is 0 Å². The SMILES string of the molecule is CCOC1(C(Cc2cn3ccsc3n2)NC)CCOCC1. The van der Waals surface area contributed by atoms with Gasteiger partial charge in [0.05, 0.1) is 11.3 Å². The van der Waals surface area contributed by atoms with Gasteiger partial charge in [-0.15, -0.1) is 11.3 Å². The van der Waals surface area contributed by atoms with Crippen LogP contribution in [0.25, 0.3) is 4.96 Å². The molecule has 1 atom stereocenters. The van der Waals surface area contributed by atoms with E-state index >= 15 is 0 Å². The van der Waals surface area contributed by atoms with Gasteiger partial charge < -0.3 is 14.8 Å². The molecule has 2 aromatic rings. The number of rotatable bonds is 6. The topological polar surface area (TPSA) is 47.8 Å². The fourth-order valence-corrected chi connectivity index (χ4v) is 3.95. The minimum atomic E-state index is -0.140. The van der Waals surface area contributed by atoms with Crippen molar-refractivity contribution in [1.29, 1.82) is 0 Å². The van der Waals surface area contributed by atoms with Gasteiger partial charge in [0.1, 0.15) is 0 Å². The van der Waals surface area contributed by atoms with Crippen molar-refractivity contribution >= 4 is 16.3 Å². The molecule has 0 spiro atoms. The van der Waals surface area contributed by atoms with Gasteiger partial charge in [-0.05, 0) is 14.0 Å². The first kappa shape index (κ1) is 15.0.